The number of hydrogen-bond donors (Lipinski definition) is 0. The fourth-order valence-electron chi connectivity index (χ4n) is 5.53. The minimum Gasteiger partial charge on any atom is -0.497 e. The van der Waals surface area contributed by atoms with Crippen molar-refractivity contribution in [2.24, 2.45) is 5.41 Å². The summed E-state index contributed by atoms with van der Waals surface area (Å²) in [5, 5.41) is 0. The number of hydrogen-bond acceptors (Lipinski definition) is 7. The standard InChI is InChI=1S/C34H38N2O7/c1-8-43-28(37)20-26(22-16-18-23(41-6)19-17-22)35(29-21(2)12-11-15-27(29)42-7)33(40)30(34(3,4)5)36-31(38)24-13-9-10-14-25(24)32(36)39/h9-19,26,30H,8,20H2,1-7H3/t26-,30+/m0/s1. The van der Waals surface area contributed by atoms with Gasteiger partial charge in [-0.05, 0) is 60.7 Å². The van der Waals surface area contributed by atoms with Crippen LogP contribution in [0.5, 0.6) is 11.5 Å². The molecule has 226 valence electrons. The number of methoxy groups -OCH3 is 2. The van der Waals surface area contributed by atoms with Crippen LogP contribution in [0.2, 0.25) is 0 Å². The van der Waals surface area contributed by atoms with Gasteiger partial charge >= 0.3 is 5.97 Å². The van der Waals surface area contributed by atoms with E-state index in [0.717, 1.165) is 4.90 Å². The Bertz CT molecular complexity index is 1490. The smallest absolute Gasteiger partial charge is 0.308 e. The first kappa shape index (κ1) is 31.3. The quantitative estimate of drug-likeness (QED) is 0.220. The fraction of sp³-hybridized carbons (Fsp3) is 0.353. The zero-order valence-electron chi connectivity index (χ0n) is 25.7. The Morgan fingerprint density at radius 3 is 1.98 bits per heavy atom. The Kier molecular flexibility index (Phi) is 9.23. The van der Waals surface area contributed by atoms with Gasteiger partial charge in [0.15, 0.2) is 0 Å². The van der Waals surface area contributed by atoms with Crippen molar-refractivity contribution in [1.29, 1.82) is 0 Å². The van der Waals surface area contributed by atoms with Gasteiger partial charge in [-0.25, -0.2) is 0 Å². The summed E-state index contributed by atoms with van der Waals surface area (Å²) in [5.74, 6) is -1.15. The number of carbonyl (C=O) groups excluding carboxylic acids is 4. The molecule has 0 spiro atoms. The molecule has 0 radical (unpaired) electrons. The molecule has 1 aliphatic heterocycles. The number of fused-ring (bicyclic) bond motifs is 1. The van der Waals surface area contributed by atoms with Crippen molar-refractivity contribution in [3.8, 4) is 11.5 Å². The molecule has 0 unspecified atom stereocenters. The van der Waals surface area contributed by atoms with Crippen LogP contribution in [0.25, 0.3) is 0 Å². The largest absolute Gasteiger partial charge is 0.497 e. The number of para-hydroxylation sites is 1. The molecular formula is C34H38N2O7. The number of benzene rings is 3. The molecular weight excluding hydrogens is 548 g/mol. The van der Waals surface area contributed by atoms with Gasteiger partial charge in [-0.3, -0.25) is 29.0 Å². The van der Waals surface area contributed by atoms with Crippen LogP contribution in [0.4, 0.5) is 5.69 Å². The van der Waals surface area contributed by atoms with Crippen LogP contribution in [0, 0.1) is 12.3 Å². The third-order valence-electron chi connectivity index (χ3n) is 7.51. The van der Waals surface area contributed by atoms with E-state index in [-0.39, 0.29) is 24.2 Å². The van der Waals surface area contributed by atoms with Gasteiger partial charge in [0.25, 0.3) is 17.7 Å². The molecule has 1 aliphatic rings. The summed E-state index contributed by atoms with van der Waals surface area (Å²) in [6.07, 6.45) is -0.192. The molecule has 0 fully saturated rings. The van der Waals surface area contributed by atoms with Gasteiger partial charge in [0.05, 0.1) is 50.1 Å². The van der Waals surface area contributed by atoms with Crippen LogP contribution in [0.15, 0.2) is 66.7 Å². The maximum Gasteiger partial charge on any atom is 0.308 e. The van der Waals surface area contributed by atoms with Gasteiger partial charge < -0.3 is 14.2 Å². The zero-order chi connectivity index (χ0) is 31.5. The molecule has 3 amide bonds. The second kappa shape index (κ2) is 12.7. The summed E-state index contributed by atoms with van der Waals surface area (Å²) in [4.78, 5) is 58.3. The third-order valence-corrected chi connectivity index (χ3v) is 7.51. The van der Waals surface area contributed by atoms with E-state index in [0.29, 0.717) is 28.3 Å². The molecule has 4 rings (SSSR count). The van der Waals surface area contributed by atoms with E-state index >= 15 is 4.79 Å². The summed E-state index contributed by atoms with van der Waals surface area (Å²) in [6, 6.07) is 16.9. The lowest BCUT2D eigenvalue weighted by atomic mass is 9.83. The Morgan fingerprint density at radius 1 is 0.860 bits per heavy atom. The summed E-state index contributed by atoms with van der Waals surface area (Å²) in [7, 11) is 3.05. The normalized spacial score (nSPS) is 14.2. The molecule has 1 heterocycles. The topological polar surface area (TPSA) is 102 Å². The number of amides is 3. The minimum atomic E-state index is -1.23. The van der Waals surface area contributed by atoms with Crippen molar-refractivity contribution in [1.82, 2.24) is 4.90 Å². The minimum absolute atomic E-state index is 0.162. The van der Waals surface area contributed by atoms with E-state index in [2.05, 4.69) is 0 Å². The monoisotopic (exact) mass is 586 g/mol. The summed E-state index contributed by atoms with van der Waals surface area (Å²) >= 11 is 0. The SMILES string of the molecule is CCOC(=O)C[C@@H](c1ccc(OC)cc1)N(C(=O)[C@@H](N1C(=O)c2ccccc2C1=O)C(C)(C)C)c1c(C)cccc1OC. The molecule has 0 N–H and O–H groups in total. The Labute approximate surface area is 252 Å². The molecule has 0 bridgehead atoms. The van der Waals surface area contributed by atoms with Crippen LogP contribution in [0.3, 0.4) is 0 Å². The maximum absolute atomic E-state index is 15.2. The molecule has 2 atom stereocenters. The number of ether oxygens (including phenoxy) is 3. The van der Waals surface area contributed by atoms with Crippen LogP contribution >= 0.6 is 0 Å². The van der Waals surface area contributed by atoms with Gasteiger partial charge in [-0.15, -0.1) is 0 Å². The molecule has 0 saturated carbocycles. The van der Waals surface area contributed by atoms with E-state index in [4.69, 9.17) is 14.2 Å². The molecule has 0 aliphatic carbocycles. The van der Waals surface area contributed by atoms with Crippen molar-refractivity contribution in [3.05, 3.63) is 89.0 Å². The molecule has 43 heavy (non-hydrogen) atoms. The highest BCUT2D eigenvalue weighted by atomic mass is 16.5. The summed E-state index contributed by atoms with van der Waals surface area (Å²) in [6.45, 7) is 9.13. The number of nitrogens with zero attached hydrogens (tertiary/aromatic N) is 2. The first-order valence-electron chi connectivity index (χ1n) is 14.2. The predicted octanol–water partition coefficient (Wildman–Crippen LogP) is 5.75. The molecule has 9 nitrogen and oxygen atoms in total. The fourth-order valence-corrected chi connectivity index (χ4v) is 5.53. The highest BCUT2D eigenvalue weighted by Crippen LogP contribution is 2.42. The number of anilines is 1. The average Bonchev–Trinajstić information content (AvgIpc) is 3.22. The van der Waals surface area contributed by atoms with E-state index in [1.165, 1.54) is 12.0 Å². The Hall–Kier alpha value is -4.66. The van der Waals surface area contributed by atoms with Crippen LogP contribution in [-0.2, 0) is 14.3 Å². The van der Waals surface area contributed by atoms with Crippen molar-refractivity contribution < 1.29 is 33.4 Å². The molecule has 3 aromatic carbocycles. The lowest BCUT2D eigenvalue weighted by molar-refractivity contribution is -0.143. The number of rotatable bonds is 10. The predicted molar refractivity (Wildman–Crippen MR) is 162 cm³/mol. The summed E-state index contributed by atoms with van der Waals surface area (Å²) < 4.78 is 16.4. The van der Waals surface area contributed by atoms with Gasteiger partial charge in [0.1, 0.15) is 17.5 Å². The van der Waals surface area contributed by atoms with E-state index in [9.17, 15) is 14.4 Å². The van der Waals surface area contributed by atoms with Crippen molar-refractivity contribution >= 4 is 29.4 Å². The second-order valence-corrected chi connectivity index (χ2v) is 11.4. The first-order valence-corrected chi connectivity index (χ1v) is 14.2. The number of imide groups is 1. The Morgan fingerprint density at radius 2 is 1.47 bits per heavy atom. The highest BCUT2D eigenvalue weighted by Gasteiger charge is 2.50. The van der Waals surface area contributed by atoms with Crippen LogP contribution in [-0.4, -0.2) is 55.5 Å². The van der Waals surface area contributed by atoms with Gasteiger partial charge in [0, 0.05) is 0 Å². The zero-order valence-corrected chi connectivity index (χ0v) is 25.7. The Balaban J connectivity index is 1.97. The van der Waals surface area contributed by atoms with Gasteiger partial charge in [-0.1, -0.05) is 57.2 Å². The highest BCUT2D eigenvalue weighted by molar-refractivity contribution is 6.23. The maximum atomic E-state index is 15.2. The van der Waals surface area contributed by atoms with Gasteiger partial charge in [-0.2, -0.15) is 0 Å². The van der Waals surface area contributed by atoms with Crippen molar-refractivity contribution in [2.75, 3.05) is 25.7 Å². The van der Waals surface area contributed by atoms with Gasteiger partial charge in [0.2, 0.25) is 0 Å². The first-order chi connectivity index (χ1) is 20.4. The van der Waals surface area contributed by atoms with Crippen molar-refractivity contribution in [3.63, 3.8) is 0 Å². The summed E-state index contributed by atoms with van der Waals surface area (Å²) in [5.41, 5.74) is 1.34. The van der Waals surface area contributed by atoms with Crippen molar-refractivity contribution in [2.45, 2.75) is 53.1 Å². The molecule has 0 saturated heterocycles. The average molecular weight is 587 g/mol. The second-order valence-electron chi connectivity index (χ2n) is 11.4. The molecule has 0 aromatic heterocycles. The number of aryl methyl sites for hydroxylation is 1. The van der Waals surface area contributed by atoms with Crippen LogP contribution in [0.1, 0.15) is 72.0 Å². The van der Waals surface area contributed by atoms with E-state index in [1.807, 2.05) is 13.0 Å². The molecule has 9 heteroatoms. The third kappa shape index (κ3) is 6.11. The van der Waals surface area contributed by atoms with E-state index in [1.54, 1.807) is 95.5 Å². The van der Waals surface area contributed by atoms with E-state index < -0.39 is 41.2 Å². The van der Waals surface area contributed by atoms with Crippen LogP contribution < -0.4 is 14.4 Å². The number of carbonyl (C=O) groups is 4. The number of esters is 1. The lowest BCUT2D eigenvalue weighted by Gasteiger charge is -2.42. The lowest BCUT2D eigenvalue weighted by Crippen LogP contribution is -2.57. The molecule has 3 aromatic rings.